The molecular weight excluding hydrogens is 366 g/mol. The van der Waals surface area contributed by atoms with Crippen LogP contribution in [0.4, 0.5) is 0 Å². The van der Waals surface area contributed by atoms with Gasteiger partial charge in [-0.2, -0.15) is 0 Å². The van der Waals surface area contributed by atoms with Gasteiger partial charge in [0.05, 0.1) is 11.7 Å². The molecule has 1 saturated heterocycles. The number of benzene rings is 2. The van der Waals surface area contributed by atoms with Crippen molar-refractivity contribution in [1.82, 2.24) is 4.90 Å². The monoisotopic (exact) mass is 395 g/mol. The third kappa shape index (κ3) is 4.01. The molecule has 3 nitrogen and oxygen atoms in total. The summed E-state index contributed by atoms with van der Waals surface area (Å²) in [4.78, 5) is 2.37. The quantitative estimate of drug-likeness (QED) is 0.631. The molecule has 0 radical (unpaired) electrons. The number of likely N-dealkylation sites (tertiary alicyclic amines) is 1. The fourth-order valence-electron chi connectivity index (χ4n) is 4.54. The van der Waals surface area contributed by atoms with Crippen LogP contribution >= 0.6 is 11.3 Å². The number of fused-ring (bicyclic) bond motifs is 1. The second-order valence-corrected chi connectivity index (χ2v) is 8.94. The molecule has 28 heavy (non-hydrogen) atoms. The Morgan fingerprint density at radius 3 is 2.43 bits per heavy atom. The molecule has 2 aromatic carbocycles. The normalized spacial score (nSPS) is 19.5. The molecule has 2 atom stereocenters. The van der Waals surface area contributed by atoms with Gasteiger partial charge in [0, 0.05) is 35.8 Å². The largest absolute Gasteiger partial charge is 0.389 e. The van der Waals surface area contributed by atoms with Crippen LogP contribution in [0.5, 0.6) is 0 Å². The number of hydrogen-bond acceptors (Lipinski definition) is 4. The minimum Gasteiger partial charge on any atom is -0.389 e. The zero-order valence-electron chi connectivity index (χ0n) is 16.4. The van der Waals surface area contributed by atoms with Crippen LogP contribution in [-0.2, 0) is 6.42 Å². The fraction of sp³-hybridized carbons (Fsp3) is 0.417. The van der Waals surface area contributed by atoms with Gasteiger partial charge in [0.25, 0.3) is 0 Å². The second-order valence-electron chi connectivity index (χ2n) is 8.03. The predicted octanol–water partition coefficient (Wildman–Crippen LogP) is 4.78. The number of aliphatic hydroxyl groups is 2. The standard InChI is InChI=1S/C24H29NO2S/c1-2-21(23(26)20-17-28-22-11-7-6-10-19(20)22)25-14-12-24(27,13-15-25)16-18-8-4-3-5-9-18/h3-11,17,21,23,26-27H,2,12-16H2,1H3. The maximum atomic E-state index is 11.2. The average Bonchev–Trinajstić information content (AvgIpc) is 3.15. The Hall–Kier alpha value is -1.72. The van der Waals surface area contributed by atoms with E-state index in [0.717, 1.165) is 43.3 Å². The third-order valence-electron chi connectivity index (χ3n) is 6.19. The summed E-state index contributed by atoms with van der Waals surface area (Å²) in [5.74, 6) is 0. The molecule has 2 N–H and O–H groups in total. The zero-order valence-corrected chi connectivity index (χ0v) is 17.2. The molecule has 4 heteroatoms. The molecule has 0 bridgehead atoms. The minimum absolute atomic E-state index is 0.0827. The lowest BCUT2D eigenvalue weighted by Crippen LogP contribution is -2.50. The van der Waals surface area contributed by atoms with Gasteiger partial charge >= 0.3 is 0 Å². The van der Waals surface area contributed by atoms with E-state index in [2.05, 4.69) is 41.5 Å². The lowest BCUT2D eigenvalue weighted by atomic mass is 9.84. The van der Waals surface area contributed by atoms with Gasteiger partial charge in [0.15, 0.2) is 0 Å². The molecule has 0 spiro atoms. The van der Waals surface area contributed by atoms with Crippen LogP contribution in [0.1, 0.15) is 43.4 Å². The Morgan fingerprint density at radius 1 is 1.04 bits per heavy atom. The van der Waals surface area contributed by atoms with E-state index in [-0.39, 0.29) is 6.04 Å². The first-order valence-electron chi connectivity index (χ1n) is 10.2. The van der Waals surface area contributed by atoms with E-state index >= 15 is 0 Å². The zero-order chi connectivity index (χ0) is 19.6. The molecule has 1 aliphatic rings. The summed E-state index contributed by atoms with van der Waals surface area (Å²) in [7, 11) is 0. The average molecular weight is 396 g/mol. The number of piperidine rings is 1. The van der Waals surface area contributed by atoms with Crippen LogP contribution in [0.2, 0.25) is 0 Å². The van der Waals surface area contributed by atoms with Gasteiger partial charge in [-0.1, -0.05) is 55.5 Å². The SMILES string of the molecule is CCC(C(O)c1csc2ccccc12)N1CCC(O)(Cc2ccccc2)CC1. The highest BCUT2D eigenvalue weighted by molar-refractivity contribution is 7.17. The van der Waals surface area contributed by atoms with Crippen molar-refractivity contribution in [2.24, 2.45) is 0 Å². The number of nitrogens with zero attached hydrogens (tertiary/aromatic N) is 1. The van der Waals surface area contributed by atoms with E-state index in [4.69, 9.17) is 0 Å². The van der Waals surface area contributed by atoms with Crippen molar-refractivity contribution in [3.05, 3.63) is 71.1 Å². The maximum Gasteiger partial charge on any atom is 0.0959 e. The lowest BCUT2D eigenvalue weighted by Gasteiger charge is -2.43. The third-order valence-corrected chi connectivity index (χ3v) is 7.17. The second kappa shape index (κ2) is 8.34. The summed E-state index contributed by atoms with van der Waals surface area (Å²) >= 11 is 1.70. The van der Waals surface area contributed by atoms with Gasteiger partial charge in [-0.3, -0.25) is 4.90 Å². The highest BCUT2D eigenvalue weighted by Gasteiger charge is 2.36. The van der Waals surface area contributed by atoms with Gasteiger partial charge in [-0.05, 0) is 41.7 Å². The summed E-state index contributed by atoms with van der Waals surface area (Å²) in [5, 5.41) is 25.5. The summed E-state index contributed by atoms with van der Waals surface area (Å²) < 4.78 is 1.22. The Balaban J connectivity index is 1.45. The molecule has 3 aromatic rings. The number of rotatable bonds is 6. The molecule has 4 rings (SSSR count). The van der Waals surface area contributed by atoms with E-state index in [9.17, 15) is 10.2 Å². The Kier molecular flexibility index (Phi) is 5.83. The molecule has 0 aliphatic carbocycles. The van der Waals surface area contributed by atoms with Gasteiger partial charge in [0.1, 0.15) is 0 Å². The topological polar surface area (TPSA) is 43.7 Å². The van der Waals surface area contributed by atoms with E-state index in [1.807, 2.05) is 30.3 Å². The Labute approximate surface area is 171 Å². The van der Waals surface area contributed by atoms with Crippen molar-refractivity contribution >= 4 is 21.4 Å². The van der Waals surface area contributed by atoms with Crippen molar-refractivity contribution in [2.45, 2.75) is 50.4 Å². The van der Waals surface area contributed by atoms with Gasteiger partial charge in [-0.15, -0.1) is 11.3 Å². The fourth-order valence-corrected chi connectivity index (χ4v) is 5.53. The van der Waals surface area contributed by atoms with Crippen LogP contribution in [0.15, 0.2) is 60.0 Å². The molecular formula is C24H29NO2S. The van der Waals surface area contributed by atoms with E-state index < -0.39 is 11.7 Å². The summed E-state index contributed by atoms with van der Waals surface area (Å²) in [6, 6.07) is 18.6. The Morgan fingerprint density at radius 2 is 1.71 bits per heavy atom. The van der Waals surface area contributed by atoms with Crippen LogP contribution < -0.4 is 0 Å². The molecule has 2 heterocycles. The first kappa shape index (κ1) is 19.6. The van der Waals surface area contributed by atoms with Gasteiger partial charge < -0.3 is 10.2 Å². The van der Waals surface area contributed by atoms with Crippen LogP contribution in [0.3, 0.4) is 0 Å². The maximum absolute atomic E-state index is 11.2. The van der Waals surface area contributed by atoms with E-state index in [1.165, 1.54) is 10.3 Å². The first-order chi connectivity index (χ1) is 13.6. The summed E-state index contributed by atoms with van der Waals surface area (Å²) in [6.07, 6.45) is 2.59. The van der Waals surface area contributed by atoms with Crippen LogP contribution in [0.25, 0.3) is 10.1 Å². The smallest absolute Gasteiger partial charge is 0.0959 e. The molecule has 0 amide bonds. The van der Waals surface area contributed by atoms with Crippen molar-refractivity contribution < 1.29 is 10.2 Å². The number of thiophene rings is 1. The molecule has 148 valence electrons. The van der Waals surface area contributed by atoms with Gasteiger partial charge in [-0.25, -0.2) is 0 Å². The molecule has 1 aliphatic heterocycles. The van der Waals surface area contributed by atoms with Crippen molar-refractivity contribution in [3.63, 3.8) is 0 Å². The number of aliphatic hydroxyl groups excluding tert-OH is 1. The first-order valence-corrected chi connectivity index (χ1v) is 11.1. The molecule has 2 unspecified atom stereocenters. The molecule has 0 saturated carbocycles. The number of hydrogen-bond donors (Lipinski definition) is 2. The lowest BCUT2D eigenvalue weighted by molar-refractivity contribution is -0.0495. The highest BCUT2D eigenvalue weighted by Crippen LogP contribution is 2.36. The molecule has 1 aromatic heterocycles. The Bertz CT molecular complexity index is 899. The summed E-state index contributed by atoms with van der Waals surface area (Å²) in [6.45, 7) is 3.79. The van der Waals surface area contributed by atoms with Crippen LogP contribution in [0, 0.1) is 0 Å². The van der Waals surface area contributed by atoms with Crippen molar-refractivity contribution in [2.75, 3.05) is 13.1 Å². The minimum atomic E-state index is -0.643. The van der Waals surface area contributed by atoms with E-state index in [1.54, 1.807) is 11.3 Å². The van der Waals surface area contributed by atoms with Crippen LogP contribution in [-0.4, -0.2) is 39.8 Å². The highest BCUT2D eigenvalue weighted by atomic mass is 32.1. The van der Waals surface area contributed by atoms with Crippen molar-refractivity contribution in [3.8, 4) is 0 Å². The van der Waals surface area contributed by atoms with Gasteiger partial charge in [0.2, 0.25) is 0 Å². The molecule has 1 fully saturated rings. The van der Waals surface area contributed by atoms with E-state index in [0.29, 0.717) is 6.42 Å². The summed E-state index contributed by atoms with van der Waals surface area (Å²) in [5.41, 5.74) is 1.59. The predicted molar refractivity (Wildman–Crippen MR) is 117 cm³/mol. The van der Waals surface area contributed by atoms with Crippen molar-refractivity contribution in [1.29, 1.82) is 0 Å².